The van der Waals surface area contributed by atoms with Gasteiger partial charge in [-0.2, -0.15) is 0 Å². The molecule has 0 aliphatic rings. The standard InChI is InChI=1S/C10H10BrF2NO3/c1-17-9-5(11)2-6(12)8(13)7(9)4(3-14)10(15)16/h2,4H,3,14H2,1H3,(H,15,16). The summed E-state index contributed by atoms with van der Waals surface area (Å²) in [6.07, 6.45) is 0. The van der Waals surface area contributed by atoms with E-state index in [-0.39, 0.29) is 16.8 Å². The number of ether oxygens (including phenoxy) is 1. The first kappa shape index (κ1) is 13.9. The van der Waals surface area contributed by atoms with Crippen LogP contribution < -0.4 is 10.5 Å². The molecule has 0 fully saturated rings. The van der Waals surface area contributed by atoms with Gasteiger partial charge in [-0.15, -0.1) is 0 Å². The van der Waals surface area contributed by atoms with Gasteiger partial charge in [-0.05, 0) is 22.0 Å². The number of nitrogens with two attached hydrogens (primary N) is 1. The smallest absolute Gasteiger partial charge is 0.312 e. The minimum absolute atomic E-state index is 0.0678. The van der Waals surface area contributed by atoms with E-state index in [0.717, 1.165) is 6.07 Å². The molecule has 0 saturated heterocycles. The molecule has 3 N–H and O–H groups in total. The quantitative estimate of drug-likeness (QED) is 0.833. The van der Waals surface area contributed by atoms with Gasteiger partial charge in [0, 0.05) is 12.1 Å². The van der Waals surface area contributed by atoms with Gasteiger partial charge in [-0.25, -0.2) is 8.78 Å². The molecule has 0 aliphatic carbocycles. The predicted octanol–water partition coefficient (Wildman–Crippen LogP) is 1.86. The Kier molecular flexibility index (Phi) is 4.41. The molecule has 1 unspecified atom stereocenters. The van der Waals surface area contributed by atoms with Crippen LogP contribution in [0.1, 0.15) is 11.5 Å². The summed E-state index contributed by atoms with van der Waals surface area (Å²) in [6.45, 7) is -0.363. The Morgan fingerprint density at radius 2 is 2.24 bits per heavy atom. The molecule has 17 heavy (non-hydrogen) atoms. The Hall–Kier alpha value is -1.21. The van der Waals surface area contributed by atoms with Crippen LogP contribution >= 0.6 is 15.9 Å². The van der Waals surface area contributed by atoms with Crippen molar-refractivity contribution in [2.75, 3.05) is 13.7 Å². The first-order chi connectivity index (χ1) is 7.93. The number of aliphatic carboxylic acids is 1. The van der Waals surface area contributed by atoms with Crippen molar-refractivity contribution in [3.05, 3.63) is 27.7 Å². The highest BCUT2D eigenvalue weighted by atomic mass is 79.9. The molecule has 7 heteroatoms. The highest BCUT2D eigenvalue weighted by Crippen LogP contribution is 2.37. The molecule has 0 heterocycles. The summed E-state index contributed by atoms with van der Waals surface area (Å²) in [5.41, 5.74) is 4.86. The first-order valence-corrected chi connectivity index (χ1v) is 5.37. The lowest BCUT2D eigenvalue weighted by molar-refractivity contribution is -0.138. The minimum Gasteiger partial charge on any atom is -0.495 e. The minimum atomic E-state index is -1.36. The number of carboxylic acids is 1. The third-order valence-electron chi connectivity index (χ3n) is 2.25. The summed E-state index contributed by atoms with van der Waals surface area (Å²) in [5.74, 6) is -5.20. The molecule has 0 spiro atoms. The second-order valence-electron chi connectivity index (χ2n) is 3.23. The van der Waals surface area contributed by atoms with Crippen LogP contribution in [0.2, 0.25) is 0 Å². The van der Waals surface area contributed by atoms with E-state index in [9.17, 15) is 13.6 Å². The van der Waals surface area contributed by atoms with Crippen LogP contribution in [0, 0.1) is 11.6 Å². The molecule has 1 aromatic carbocycles. The van der Waals surface area contributed by atoms with Crippen molar-refractivity contribution in [3.8, 4) is 5.75 Å². The van der Waals surface area contributed by atoms with Crippen LogP contribution in [0.5, 0.6) is 5.75 Å². The lowest BCUT2D eigenvalue weighted by Crippen LogP contribution is -2.23. The molecule has 1 rings (SSSR count). The molecule has 0 aromatic heterocycles. The van der Waals surface area contributed by atoms with Crippen LogP contribution in [-0.2, 0) is 4.79 Å². The van der Waals surface area contributed by atoms with E-state index in [4.69, 9.17) is 15.6 Å². The van der Waals surface area contributed by atoms with Gasteiger partial charge >= 0.3 is 5.97 Å². The number of benzene rings is 1. The highest BCUT2D eigenvalue weighted by Gasteiger charge is 2.29. The largest absolute Gasteiger partial charge is 0.495 e. The van der Waals surface area contributed by atoms with E-state index in [0.29, 0.717) is 0 Å². The van der Waals surface area contributed by atoms with Crippen molar-refractivity contribution in [3.63, 3.8) is 0 Å². The Labute approximate surface area is 104 Å². The van der Waals surface area contributed by atoms with Gasteiger partial charge in [0.25, 0.3) is 0 Å². The van der Waals surface area contributed by atoms with E-state index in [1.54, 1.807) is 0 Å². The van der Waals surface area contributed by atoms with Crippen LogP contribution in [0.3, 0.4) is 0 Å². The zero-order valence-electron chi connectivity index (χ0n) is 8.84. The summed E-state index contributed by atoms with van der Waals surface area (Å²) in [5, 5.41) is 8.91. The highest BCUT2D eigenvalue weighted by molar-refractivity contribution is 9.10. The fourth-order valence-corrected chi connectivity index (χ4v) is 2.03. The predicted molar refractivity (Wildman–Crippen MR) is 60.0 cm³/mol. The summed E-state index contributed by atoms with van der Waals surface area (Å²) in [6, 6.07) is 0.868. The lowest BCUT2D eigenvalue weighted by Gasteiger charge is -2.17. The van der Waals surface area contributed by atoms with E-state index in [2.05, 4.69) is 15.9 Å². The molecule has 1 atom stereocenters. The SMILES string of the molecule is COc1c(Br)cc(F)c(F)c1C(CN)C(=O)O. The molecule has 4 nitrogen and oxygen atoms in total. The molecule has 0 amide bonds. The van der Waals surface area contributed by atoms with Gasteiger partial charge in [0.2, 0.25) is 0 Å². The third kappa shape index (κ3) is 2.55. The van der Waals surface area contributed by atoms with Crippen molar-refractivity contribution in [2.24, 2.45) is 5.73 Å². The number of rotatable bonds is 4. The Bertz CT molecular complexity index is 454. The Balaban J connectivity index is 3.53. The van der Waals surface area contributed by atoms with Crippen molar-refractivity contribution < 1.29 is 23.4 Å². The summed E-state index contributed by atoms with van der Waals surface area (Å²) in [7, 11) is 1.23. The second kappa shape index (κ2) is 5.42. The third-order valence-corrected chi connectivity index (χ3v) is 2.84. The summed E-state index contributed by atoms with van der Waals surface area (Å²) >= 11 is 2.97. The van der Waals surface area contributed by atoms with E-state index >= 15 is 0 Å². The maximum absolute atomic E-state index is 13.6. The van der Waals surface area contributed by atoms with Gasteiger partial charge in [0.1, 0.15) is 11.7 Å². The molecule has 0 aliphatic heterocycles. The average molecular weight is 310 g/mol. The summed E-state index contributed by atoms with van der Waals surface area (Å²) in [4.78, 5) is 10.9. The molecular weight excluding hydrogens is 300 g/mol. The van der Waals surface area contributed by atoms with Crippen LogP contribution in [0.15, 0.2) is 10.5 Å². The lowest BCUT2D eigenvalue weighted by atomic mass is 9.97. The van der Waals surface area contributed by atoms with Gasteiger partial charge < -0.3 is 15.6 Å². The molecule has 0 saturated carbocycles. The van der Waals surface area contributed by atoms with Crippen LogP contribution in [0.25, 0.3) is 0 Å². The van der Waals surface area contributed by atoms with Crippen LogP contribution in [0.4, 0.5) is 8.78 Å². The van der Waals surface area contributed by atoms with Gasteiger partial charge in [0.15, 0.2) is 11.6 Å². The summed E-state index contributed by atoms with van der Waals surface area (Å²) < 4.78 is 31.9. The maximum atomic E-state index is 13.6. The zero-order valence-corrected chi connectivity index (χ0v) is 10.4. The molecule has 1 aromatic rings. The van der Waals surface area contributed by atoms with Crippen LogP contribution in [-0.4, -0.2) is 24.7 Å². The number of hydrogen-bond acceptors (Lipinski definition) is 3. The number of carboxylic acid groups (broad SMARTS) is 1. The Morgan fingerprint density at radius 1 is 1.65 bits per heavy atom. The van der Waals surface area contributed by atoms with Gasteiger partial charge in [-0.3, -0.25) is 4.79 Å². The van der Waals surface area contributed by atoms with E-state index < -0.39 is 29.1 Å². The van der Waals surface area contributed by atoms with E-state index in [1.165, 1.54) is 7.11 Å². The topological polar surface area (TPSA) is 72.5 Å². The van der Waals surface area contributed by atoms with Crippen molar-refractivity contribution in [1.82, 2.24) is 0 Å². The van der Waals surface area contributed by atoms with Gasteiger partial charge in [0.05, 0.1) is 11.6 Å². The number of halogens is 3. The van der Waals surface area contributed by atoms with Crippen molar-refractivity contribution in [1.29, 1.82) is 0 Å². The van der Waals surface area contributed by atoms with E-state index in [1.807, 2.05) is 0 Å². The monoisotopic (exact) mass is 309 g/mol. The zero-order chi connectivity index (χ0) is 13.2. The normalized spacial score (nSPS) is 12.3. The fraction of sp³-hybridized carbons (Fsp3) is 0.300. The first-order valence-electron chi connectivity index (χ1n) is 4.58. The van der Waals surface area contributed by atoms with Gasteiger partial charge in [-0.1, -0.05) is 0 Å². The molecule has 0 bridgehead atoms. The number of carbonyl (C=O) groups is 1. The number of methoxy groups -OCH3 is 1. The molecule has 94 valence electrons. The fourth-order valence-electron chi connectivity index (χ4n) is 1.46. The number of hydrogen-bond donors (Lipinski definition) is 2. The van der Waals surface area contributed by atoms with Crippen molar-refractivity contribution >= 4 is 21.9 Å². The second-order valence-corrected chi connectivity index (χ2v) is 4.08. The molecule has 0 radical (unpaired) electrons. The average Bonchev–Trinajstić information content (AvgIpc) is 2.25. The van der Waals surface area contributed by atoms with Crippen molar-refractivity contribution in [2.45, 2.75) is 5.92 Å². The molecular formula is C10H10BrF2NO3. The maximum Gasteiger partial charge on any atom is 0.312 e. The Morgan fingerprint density at radius 3 is 2.65 bits per heavy atom.